The van der Waals surface area contributed by atoms with Crippen LogP contribution < -0.4 is 20.7 Å². The maximum absolute atomic E-state index is 13.8. The van der Waals surface area contributed by atoms with Crippen LogP contribution in [0.4, 0.5) is 30.6 Å². The molecule has 15 nitrogen and oxygen atoms in total. The van der Waals surface area contributed by atoms with Crippen LogP contribution in [0.2, 0.25) is 0 Å². The summed E-state index contributed by atoms with van der Waals surface area (Å²) in [5.41, 5.74) is 1.29. The summed E-state index contributed by atoms with van der Waals surface area (Å²) in [4.78, 5) is 58.6. The number of aromatic nitrogens is 2. The van der Waals surface area contributed by atoms with E-state index in [9.17, 15) is 36.9 Å². The predicted octanol–water partition coefficient (Wildman–Crippen LogP) is 5.06. The third-order valence-corrected chi connectivity index (χ3v) is 11.9. The molecule has 0 spiro atoms. The molecule has 2 aliphatic heterocycles. The molecule has 4 amide bonds. The molecule has 3 atom stereocenters. The Morgan fingerprint density at radius 1 is 0.966 bits per heavy atom. The van der Waals surface area contributed by atoms with Crippen molar-refractivity contribution in [2.24, 2.45) is 0 Å². The fourth-order valence-corrected chi connectivity index (χ4v) is 7.97. The number of hydrogen-bond acceptors (Lipinski definition) is 13. The molecule has 2 fully saturated rings. The first-order valence-corrected chi connectivity index (χ1v) is 21.8. The van der Waals surface area contributed by atoms with Crippen LogP contribution in [0.3, 0.4) is 0 Å². The maximum Gasteiger partial charge on any atom is 0.421 e. The van der Waals surface area contributed by atoms with Gasteiger partial charge in [-0.1, -0.05) is 24.3 Å². The number of nitrogens with zero attached hydrogens (tertiary/aromatic N) is 3. The smallest absolute Gasteiger partial charge is 0.421 e. The number of carbonyl (C=O) groups excluding carboxylic acids is 4. The number of benzene rings is 1. The molecule has 2 saturated heterocycles. The molecule has 0 bridgehead atoms. The van der Waals surface area contributed by atoms with E-state index in [1.54, 1.807) is 56.7 Å². The largest absolute Gasteiger partial charge is 0.491 e. The number of aryl methyl sites for hydroxylation is 1. The average molecular weight is 843 g/mol. The first kappa shape index (κ1) is 43.4. The van der Waals surface area contributed by atoms with E-state index < -0.39 is 54.7 Å². The number of fused-ring (bicyclic) bond motifs is 1. The second kappa shape index (κ2) is 18.8. The Morgan fingerprint density at radius 3 is 2.41 bits per heavy atom. The van der Waals surface area contributed by atoms with E-state index in [0.29, 0.717) is 37.5 Å². The highest BCUT2D eigenvalue weighted by Crippen LogP contribution is 2.46. The molecule has 6 rings (SSSR count). The Balaban J connectivity index is 0.882. The lowest BCUT2D eigenvalue weighted by atomic mass is 9.98. The SMILES string of the molecule is Cc1cc(OCCOCCOCCOC2C=C3C(=O)N(C4CCC(=O)NC4=O)C(=O)C3=CC2)ccc1Nc1ncc(C(F)(F)F)c(NCC2=CC(P(C)(C)=O)CC=C2)n1. The minimum absolute atomic E-state index is 0.0301. The fraction of sp³-hybridized carbons (Fsp3) is 0.450. The summed E-state index contributed by atoms with van der Waals surface area (Å²) < 4.78 is 76.8. The second-order valence-corrected chi connectivity index (χ2v) is 18.2. The van der Waals surface area contributed by atoms with E-state index >= 15 is 0 Å². The van der Waals surface area contributed by atoms with Crippen LogP contribution in [0, 0.1) is 6.92 Å². The van der Waals surface area contributed by atoms with Gasteiger partial charge in [0.1, 0.15) is 29.8 Å². The lowest BCUT2D eigenvalue weighted by molar-refractivity contribution is -0.149. The molecular weight excluding hydrogens is 796 g/mol. The van der Waals surface area contributed by atoms with Crippen LogP contribution in [-0.4, -0.2) is 116 Å². The highest BCUT2D eigenvalue weighted by Gasteiger charge is 2.47. The minimum Gasteiger partial charge on any atom is -0.491 e. The molecule has 2 aromatic rings. The van der Waals surface area contributed by atoms with Gasteiger partial charge in [-0.2, -0.15) is 18.2 Å². The molecule has 316 valence electrons. The number of amides is 4. The van der Waals surface area contributed by atoms with Gasteiger partial charge in [0.25, 0.3) is 11.8 Å². The van der Waals surface area contributed by atoms with E-state index in [1.165, 1.54) is 0 Å². The zero-order valence-electron chi connectivity index (χ0n) is 32.8. The predicted molar refractivity (Wildman–Crippen MR) is 211 cm³/mol. The minimum atomic E-state index is -4.68. The van der Waals surface area contributed by atoms with Gasteiger partial charge in [-0.3, -0.25) is 29.4 Å². The summed E-state index contributed by atoms with van der Waals surface area (Å²) in [6.07, 6.45) is 5.47. The summed E-state index contributed by atoms with van der Waals surface area (Å²) in [6.45, 7) is 6.89. The number of alkyl halides is 3. The summed E-state index contributed by atoms with van der Waals surface area (Å²) in [5.74, 6) is -2.07. The topological polar surface area (TPSA) is 187 Å². The summed E-state index contributed by atoms with van der Waals surface area (Å²) in [7, 11) is -2.42. The van der Waals surface area contributed by atoms with Gasteiger partial charge in [0.05, 0.1) is 51.9 Å². The number of ether oxygens (including phenoxy) is 4. The van der Waals surface area contributed by atoms with Crippen molar-refractivity contribution >= 4 is 48.2 Å². The Labute approximate surface area is 338 Å². The van der Waals surface area contributed by atoms with Crippen molar-refractivity contribution in [1.82, 2.24) is 20.2 Å². The van der Waals surface area contributed by atoms with E-state index in [2.05, 4.69) is 25.9 Å². The lowest BCUT2D eigenvalue weighted by Gasteiger charge is -2.27. The van der Waals surface area contributed by atoms with E-state index in [4.69, 9.17) is 18.9 Å². The molecule has 4 aliphatic rings. The number of likely N-dealkylation sites (tertiary alicyclic amines) is 1. The van der Waals surface area contributed by atoms with Gasteiger partial charge in [0.15, 0.2) is 0 Å². The lowest BCUT2D eigenvalue weighted by Crippen LogP contribution is -2.54. The highest BCUT2D eigenvalue weighted by molar-refractivity contribution is 7.63. The van der Waals surface area contributed by atoms with Crippen LogP contribution in [-0.2, 0) is 44.1 Å². The van der Waals surface area contributed by atoms with Gasteiger partial charge in [-0.05, 0) is 74.9 Å². The Morgan fingerprint density at radius 2 is 1.69 bits per heavy atom. The first-order valence-electron chi connectivity index (χ1n) is 19.1. The third-order valence-electron chi connectivity index (χ3n) is 9.96. The van der Waals surface area contributed by atoms with Gasteiger partial charge in [0.2, 0.25) is 17.8 Å². The number of piperidine rings is 1. The number of hydrogen-bond donors (Lipinski definition) is 3. The van der Waals surface area contributed by atoms with E-state index in [0.717, 1.165) is 22.2 Å². The van der Waals surface area contributed by atoms with Gasteiger partial charge in [0, 0.05) is 36.1 Å². The quantitative estimate of drug-likeness (QED) is 0.103. The summed E-state index contributed by atoms with van der Waals surface area (Å²) in [6, 6.07) is 4.15. The molecule has 2 aliphatic carbocycles. The molecular formula is C40H46F3N6O9P. The van der Waals surface area contributed by atoms with Crippen molar-refractivity contribution in [3.8, 4) is 5.75 Å². The number of imide groups is 2. The summed E-state index contributed by atoms with van der Waals surface area (Å²) >= 11 is 0. The van der Waals surface area contributed by atoms with Gasteiger partial charge in [-0.15, -0.1) is 0 Å². The normalized spacial score (nSPS) is 20.8. The van der Waals surface area contributed by atoms with Crippen molar-refractivity contribution in [2.45, 2.75) is 56.6 Å². The first-order chi connectivity index (χ1) is 28.1. The number of allylic oxidation sites excluding steroid dienone is 2. The van der Waals surface area contributed by atoms with Crippen LogP contribution in [0.15, 0.2) is 71.5 Å². The highest BCUT2D eigenvalue weighted by atomic mass is 31.2. The molecule has 3 heterocycles. The van der Waals surface area contributed by atoms with Gasteiger partial charge >= 0.3 is 6.18 Å². The maximum atomic E-state index is 13.8. The molecule has 0 saturated carbocycles. The fourth-order valence-electron chi connectivity index (χ4n) is 6.79. The van der Waals surface area contributed by atoms with Crippen LogP contribution in [0.1, 0.15) is 36.8 Å². The molecule has 1 aromatic heterocycles. The standard InChI is InChI=1S/C40H46F3N6O9P/c1-24-19-26(8-10-32(24)46-39-45-23-31(40(41,42)43)35(48-39)44-22-25-5-4-6-28(20-25)59(2,3)54)57-17-15-55-13-14-56-16-18-58-27-7-9-29-30(21-27)38(53)49(37(29)52)33-11-12-34(50)47-36(33)51/h4-5,8-10,19-21,23,27-28,33H,6-7,11-18,22H2,1-3H3,(H,47,50,51)(H2,44,45,46,48). The number of halogens is 3. The van der Waals surface area contributed by atoms with Crippen molar-refractivity contribution < 1.29 is 55.9 Å². The molecule has 3 unspecified atom stereocenters. The third kappa shape index (κ3) is 11.1. The zero-order chi connectivity index (χ0) is 42.3. The molecule has 59 heavy (non-hydrogen) atoms. The molecule has 1 aromatic carbocycles. The monoisotopic (exact) mass is 842 g/mol. The van der Waals surface area contributed by atoms with Crippen LogP contribution in [0.5, 0.6) is 5.75 Å². The summed E-state index contributed by atoms with van der Waals surface area (Å²) in [5, 5.41) is 7.95. The number of carbonyl (C=O) groups is 4. The Kier molecular flexibility index (Phi) is 13.9. The van der Waals surface area contributed by atoms with Crippen molar-refractivity contribution in [3.05, 3.63) is 82.6 Å². The second-order valence-electron chi connectivity index (χ2n) is 14.7. The van der Waals surface area contributed by atoms with E-state index in [1.807, 2.05) is 12.2 Å². The zero-order valence-corrected chi connectivity index (χ0v) is 33.7. The van der Waals surface area contributed by atoms with Crippen molar-refractivity contribution in [3.63, 3.8) is 0 Å². The van der Waals surface area contributed by atoms with E-state index in [-0.39, 0.29) is 74.4 Å². The van der Waals surface area contributed by atoms with Gasteiger partial charge < -0.3 is 34.1 Å². The Bertz CT molecular complexity index is 2130. The molecule has 0 radical (unpaired) electrons. The van der Waals surface area contributed by atoms with Crippen molar-refractivity contribution in [2.75, 3.05) is 70.1 Å². The van der Waals surface area contributed by atoms with Crippen molar-refractivity contribution in [1.29, 1.82) is 0 Å². The Hall–Kier alpha value is -5.16. The average Bonchev–Trinajstić information content (AvgIpc) is 3.43. The number of anilines is 3. The molecule has 3 N–H and O–H groups in total. The number of rotatable bonds is 18. The molecule has 19 heteroatoms. The van der Waals surface area contributed by atoms with Gasteiger partial charge in [-0.25, -0.2) is 4.98 Å². The van der Waals surface area contributed by atoms with Crippen LogP contribution in [0.25, 0.3) is 0 Å². The van der Waals surface area contributed by atoms with Crippen LogP contribution >= 0.6 is 7.14 Å². The number of nitrogens with one attached hydrogen (secondary N) is 3.